The molecular formula is C21H26N2O2. The summed E-state index contributed by atoms with van der Waals surface area (Å²) in [5, 5.41) is 3.15. The molecule has 1 saturated heterocycles. The summed E-state index contributed by atoms with van der Waals surface area (Å²) in [5.41, 5.74) is 2.03. The van der Waals surface area contributed by atoms with Crippen LogP contribution in [0.1, 0.15) is 17.0 Å². The number of nitrogens with zero attached hydrogens (tertiary/aromatic N) is 1. The van der Waals surface area contributed by atoms with Crippen LogP contribution in [0.15, 0.2) is 60.7 Å². The highest BCUT2D eigenvalue weighted by Crippen LogP contribution is 2.24. The molecule has 0 bridgehead atoms. The van der Waals surface area contributed by atoms with Gasteiger partial charge in [-0.1, -0.05) is 60.7 Å². The van der Waals surface area contributed by atoms with E-state index in [1.807, 2.05) is 60.7 Å². The van der Waals surface area contributed by atoms with Gasteiger partial charge in [-0.3, -0.25) is 4.79 Å². The van der Waals surface area contributed by atoms with Gasteiger partial charge in [-0.2, -0.15) is 0 Å². The summed E-state index contributed by atoms with van der Waals surface area (Å²) in [6.07, 6.45) is 0. The van der Waals surface area contributed by atoms with E-state index in [9.17, 15) is 4.79 Å². The van der Waals surface area contributed by atoms with Crippen LogP contribution in [0.3, 0.4) is 0 Å². The molecule has 1 amide bonds. The first-order valence-corrected chi connectivity index (χ1v) is 8.88. The predicted octanol–water partition coefficient (Wildman–Crippen LogP) is 2.51. The maximum atomic E-state index is 13.0. The molecular weight excluding hydrogens is 312 g/mol. The Morgan fingerprint density at radius 1 is 1.12 bits per heavy atom. The highest BCUT2D eigenvalue weighted by molar-refractivity contribution is 5.87. The lowest BCUT2D eigenvalue weighted by Gasteiger charge is -2.22. The lowest BCUT2D eigenvalue weighted by atomic mass is 9.90. The SMILES string of the molecule is CN1CCOC[C@H](CNC(=O)C(c2ccccc2)c2ccccc2)C1. The summed E-state index contributed by atoms with van der Waals surface area (Å²) in [6.45, 7) is 3.99. The van der Waals surface area contributed by atoms with Crippen LogP contribution in [0, 0.1) is 5.92 Å². The number of carbonyl (C=O) groups excluding carboxylic acids is 1. The molecule has 0 unspecified atom stereocenters. The molecule has 2 aromatic rings. The number of rotatable bonds is 5. The van der Waals surface area contributed by atoms with Crippen LogP contribution in [-0.2, 0) is 9.53 Å². The lowest BCUT2D eigenvalue weighted by molar-refractivity contribution is -0.122. The van der Waals surface area contributed by atoms with E-state index in [1.165, 1.54) is 0 Å². The summed E-state index contributed by atoms with van der Waals surface area (Å²) in [7, 11) is 2.10. The molecule has 0 saturated carbocycles. The number of carbonyl (C=O) groups is 1. The second-order valence-corrected chi connectivity index (χ2v) is 6.70. The minimum atomic E-state index is -0.285. The van der Waals surface area contributed by atoms with Crippen LogP contribution in [-0.4, -0.2) is 50.7 Å². The summed E-state index contributed by atoms with van der Waals surface area (Å²) >= 11 is 0. The maximum absolute atomic E-state index is 13.0. The molecule has 4 heteroatoms. The third kappa shape index (κ3) is 4.91. The topological polar surface area (TPSA) is 41.6 Å². The van der Waals surface area contributed by atoms with E-state index in [0.717, 1.165) is 30.8 Å². The van der Waals surface area contributed by atoms with Gasteiger partial charge in [-0.05, 0) is 18.2 Å². The van der Waals surface area contributed by atoms with Gasteiger partial charge in [0.2, 0.25) is 5.91 Å². The Bertz CT molecular complexity index is 621. The van der Waals surface area contributed by atoms with Crippen LogP contribution in [0.4, 0.5) is 0 Å². The van der Waals surface area contributed by atoms with Crippen molar-refractivity contribution < 1.29 is 9.53 Å². The quantitative estimate of drug-likeness (QED) is 0.911. The lowest BCUT2D eigenvalue weighted by Crippen LogP contribution is -2.38. The number of benzene rings is 2. The van der Waals surface area contributed by atoms with Crippen LogP contribution >= 0.6 is 0 Å². The van der Waals surface area contributed by atoms with Crippen LogP contribution in [0.2, 0.25) is 0 Å². The molecule has 1 atom stereocenters. The number of amides is 1. The smallest absolute Gasteiger partial charge is 0.232 e. The van der Waals surface area contributed by atoms with Gasteiger partial charge < -0.3 is 15.0 Å². The van der Waals surface area contributed by atoms with E-state index < -0.39 is 0 Å². The number of ether oxygens (including phenoxy) is 1. The Labute approximate surface area is 149 Å². The van der Waals surface area contributed by atoms with Crippen molar-refractivity contribution in [3.8, 4) is 0 Å². The second-order valence-electron chi connectivity index (χ2n) is 6.70. The average molecular weight is 338 g/mol. The molecule has 1 N–H and O–H groups in total. The van der Waals surface area contributed by atoms with Gasteiger partial charge in [-0.25, -0.2) is 0 Å². The molecule has 25 heavy (non-hydrogen) atoms. The molecule has 1 fully saturated rings. The van der Waals surface area contributed by atoms with E-state index in [0.29, 0.717) is 19.1 Å². The van der Waals surface area contributed by atoms with Crippen LogP contribution < -0.4 is 5.32 Å². The highest BCUT2D eigenvalue weighted by atomic mass is 16.5. The molecule has 0 aromatic heterocycles. The largest absolute Gasteiger partial charge is 0.380 e. The van der Waals surface area contributed by atoms with Gasteiger partial charge in [0.05, 0.1) is 19.1 Å². The minimum Gasteiger partial charge on any atom is -0.380 e. The van der Waals surface area contributed by atoms with Crippen LogP contribution in [0.25, 0.3) is 0 Å². The van der Waals surface area contributed by atoms with Crippen LogP contribution in [0.5, 0.6) is 0 Å². The number of likely N-dealkylation sites (N-methyl/N-ethyl adjacent to an activating group) is 1. The van der Waals surface area contributed by atoms with Gasteiger partial charge in [-0.15, -0.1) is 0 Å². The third-order valence-electron chi connectivity index (χ3n) is 4.63. The van der Waals surface area contributed by atoms with Crippen molar-refractivity contribution in [3.63, 3.8) is 0 Å². The zero-order chi connectivity index (χ0) is 17.5. The van der Waals surface area contributed by atoms with Crippen molar-refractivity contribution in [2.75, 3.05) is 39.9 Å². The van der Waals surface area contributed by atoms with Crippen molar-refractivity contribution in [2.24, 2.45) is 5.92 Å². The Morgan fingerprint density at radius 3 is 2.32 bits per heavy atom. The molecule has 0 radical (unpaired) electrons. The van der Waals surface area contributed by atoms with E-state index in [2.05, 4.69) is 17.3 Å². The van der Waals surface area contributed by atoms with Crippen molar-refractivity contribution in [3.05, 3.63) is 71.8 Å². The van der Waals surface area contributed by atoms with E-state index in [-0.39, 0.29) is 11.8 Å². The second kappa shape index (κ2) is 8.79. The fourth-order valence-electron chi connectivity index (χ4n) is 3.31. The van der Waals surface area contributed by atoms with E-state index in [1.54, 1.807) is 0 Å². The zero-order valence-corrected chi connectivity index (χ0v) is 14.7. The Hall–Kier alpha value is -2.17. The normalized spacial score (nSPS) is 18.7. The third-order valence-corrected chi connectivity index (χ3v) is 4.63. The first kappa shape index (κ1) is 17.6. The average Bonchev–Trinajstić information content (AvgIpc) is 2.86. The minimum absolute atomic E-state index is 0.0456. The molecule has 1 aliphatic rings. The molecule has 1 heterocycles. The number of nitrogens with one attached hydrogen (secondary N) is 1. The summed E-state index contributed by atoms with van der Waals surface area (Å²) < 4.78 is 5.65. The van der Waals surface area contributed by atoms with Crippen molar-refractivity contribution in [2.45, 2.75) is 5.92 Å². The van der Waals surface area contributed by atoms with Gasteiger partial charge in [0.1, 0.15) is 0 Å². The number of hydrogen-bond acceptors (Lipinski definition) is 3. The summed E-state index contributed by atoms with van der Waals surface area (Å²) in [4.78, 5) is 15.2. The maximum Gasteiger partial charge on any atom is 0.232 e. The predicted molar refractivity (Wildman–Crippen MR) is 99.5 cm³/mol. The first-order chi connectivity index (χ1) is 12.2. The summed E-state index contributed by atoms with van der Waals surface area (Å²) in [6, 6.07) is 19.9. The van der Waals surface area contributed by atoms with Gasteiger partial charge in [0.15, 0.2) is 0 Å². The fraction of sp³-hybridized carbons (Fsp3) is 0.381. The van der Waals surface area contributed by atoms with E-state index in [4.69, 9.17) is 4.74 Å². The molecule has 0 aliphatic carbocycles. The highest BCUT2D eigenvalue weighted by Gasteiger charge is 2.24. The monoisotopic (exact) mass is 338 g/mol. The summed E-state index contributed by atoms with van der Waals surface area (Å²) in [5.74, 6) is 0.0831. The molecule has 2 aromatic carbocycles. The molecule has 1 aliphatic heterocycles. The molecule has 4 nitrogen and oxygen atoms in total. The molecule has 132 valence electrons. The first-order valence-electron chi connectivity index (χ1n) is 8.88. The zero-order valence-electron chi connectivity index (χ0n) is 14.7. The van der Waals surface area contributed by atoms with Crippen molar-refractivity contribution in [1.29, 1.82) is 0 Å². The Kier molecular flexibility index (Phi) is 6.20. The van der Waals surface area contributed by atoms with Gasteiger partial charge in [0.25, 0.3) is 0 Å². The Morgan fingerprint density at radius 2 is 1.72 bits per heavy atom. The Balaban J connectivity index is 1.71. The number of hydrogen-bond donors (Lipinski definition) is 1. The van der Waals surface area contributed by atoms with E-state index >= 15 is 0 Å². The van der Waals surface area contributed by atoms with Gasteiger partial charge in [0, 0.05) is 25.6 Å². The van der Waals surface area contributed by atoms with Crippen molar-refractivity contribution >= 4 is 5.91 Å². The fourth-order valence-corrected chi connectivity index (χ4v) is 3.31. The molecule has 3 rings (SSSR count). The van der Waals surface area contributed by atoms with Gasteiger partial charge >= 0.3 is 0 Å². The standard InChI is InChI=1S/C21H26N2O2/c1-23-12-13-25-16-17(15-23)14-22-21(24)20(18-8-4-2-5-9-18)19-10-6-3-7-11-19/h2-11,17,20H,12-16H2,1H3,(H,22,24)/t17-/m1/s1. The molecule has 0 spiro atoms. The van der Waals surface area contributed by atoms with Crippen molar-refractivity contribution in [1.82, 2.24) is 10.2 Å².